The molecule has 4 aromatic heterocycles. The molecule has 1 aromatic carbocycles. The zero-order valence-corrected chi connectivity index (χ0v) is 45.0. The lowest BCUT2D eigenvalue weighted by molar-refractivity contribution is -0.144. The maximum absolute atomic E-state index is 14.0. The molecule has 3 aliphatic rings. The molecule has 4 N–H and O–H groups in total. The zero-order valence-electron chi connectivity index (χ0n) is 44.1. The highest BCUT2D eigenvalue weighted by Crippen LogP contribution is 2.33. The van der Waals surface area contributed by atoms with Gasteiger partial charge < -0.3 is 50.0 Å². The van der Waals surface area contributed by atoms with Gasteiger partial charge in [-0.05, 0) is 67.9 Å². The molecule has 3 fully saturated rings. The summed E-state index contributed by atoms with van der Waals surface area (Å²) in [6.45, 7) is 13.3. The van der Waals surface area contributed by atoms with Gasteiger partial charge in [0.05, 0.1) is 66.1 Å². The van der Waals surface area contributed by atoms with Crippen molar-refractivity contribution < 1.29 is 43.3 Å². The minimum Gasteiger partial charge on any atom is -0.391 e. The molecule has 406 valence electrons. The lowest BCUT2D eigenvalue weighted by atomic mass is 9.85. The Labute approximate surface area is 445 Å². The lowest BCUT2D eigenvalue weighted by Crippen LogP contribution is -2.58. The normalized spacial score (nSPS) is 17.5. The molecule has 6 heterocycles. The number of nitrogens with zero attached hydrogens (tertiary/aromatic N) is 8. The Kier molecular flexibility index (Phi) is 18.2. The molecule has 3 atom stereocenters. The Morgan fingerprint density at radius 3 is 2.21 bits per heavy atom. The van der Waals surface area contributed by atoms with E-state index in [9.17, 15) is 33.9 Å². The van der Waals surface area contributed by atoms with E-state index in [1.807, 2.05) is 64.1 Å². The summed E-state index contributed by atoms with van der Waals surface area (Å²) in [7, 11) is 0. The number of benzene rings is 1. The van der Waals surface area contributed by atoms with Gasteiger partial charge in [-0.15, -0.1) is 11.3 Å². The first-order chi connectivity index (χ1) is 36.5. The van der Waals surface area contributed by atoms with Crippen molar-refractivity contribution in [3.05, 3.63) is 87.0 Å². The number of anilines is 3. The molecule has 22 heteroatoms. The van der Waals surface area contributed by atoms with Gasteiger partial charge in [0.25, 0.3) is 5.56 Å². The van der Waals surface area contributed by atoms with Crippen molar-refractivity contribution in [2.24, 2.45) is 5.41 Å². The average Bonchev–Trinajstić information content (AvgIpc) is 4.20. The maximum Gasteiger partial charge on any atom is 0.263 e. The van der Waals surface area contributed by atoms with Crippen LogP contribution < -0.4 is 26.4 Å². The first-order valence-corrected chi connectivity index (χ1v) is 26.8. The molecule has 1 unspecified atom stereocenters. The number of rotatable bonds is 21. The third-order valence-corrected chi connectivity index (χ3v) is 15.1. The number of piperazine rings is 1. The van der Waals surface area contributed by atoms with Gasteiger partial charge in [0, 0.05) is 63.3 Å². The molecule has 21 nitrogen and oxygen atoms in total. The first-order valence-electron chi connectivity index (χ1n) is 25.9. The second-order valence-corrected chi connectivity index (χ2v) is 21.5. The number of β-amino-alcohol motifs (C(OH)–C–C–N with tert-alkyl or cyclic N) is 1. The van der Waals surface area contributed by atoms with Crippen LogP contribution >= 0.6 is 11.3 Å². The van der Waals surface area contributed by atoms with Gasteiger partial charge in [0.1, 0.15) is 36.8 Å². The number of Topliss-reactive ketones (excluding diaryl/α,β-unsaturated/α-hetero) is 1. The van der Waals surface area contributed by atoms with Gasteiger partial charge in [-0.25, -0.2) is 15.0 Å². The molecule has 0 bridgehead atoms. The summed E-state index contributed by atoms with van der Waals surface area (Å²) in [6, 6.07) is 9.68. The Hall–Kier alpha value is -6.72. The number of aliphatic hydroxyl groups is 1. The Balaban J connectivity index is 0.703. The summed E-state index contributed by atoms with van der Waals surface area (Å²) in [5, 5.41) is 20.1. The summed E-state index contributed by atoms with van der Waals surface area (Å²) in [5.74, 6) is -0.942. The van der Waals surface area contributed by atoms with Crippen molar-refractivity contribution >= 4 is 69.2 Å². The van der Waals surface area contributed by atoms with Crippen LogP contribution in [0.5, 0.6) is 0 Å². The molecular weight excluding hydrogens is 995 g/mol. The van der Waals surface area contributed by atoms with Gasteiger partial charge in [-0.2, -0.15) is 4.98 Å². The fraction of sp³-hybridized carbons (Fsp3) is 0.519. The van der Waals surface area contributed by atoms with Crippen LogP contribution in [-0.4, -0.2) is 159 Å². The first kappa shape index (κ1) is 55.5. The van der Waals surface area contributed by atoms with Crippen LogP contribution in [0.2, 0.25) is 0 Å². The van der Waals surface area contributed by atoms with E-state index in [2.05, 4.69) is 35.8 Å². The number of ether oxygens (including phenoxy) is 3. The highest BCUT2D eigenvalue weighted by molar-refractivity contribution is 7.13. The molecule has 5 aromatic rings. The van der Waals surface area contributed by atoms with Crippen LogP contribution in [0.25, 0.3) is 21.5 Å². The van der Waals surface area contributed by atoms with Crippen molar-refractivity contribution in [1.82, 2.24) is 44.9 Å². The van der Waals surface area contributed by atoms with Crippen molar-refractivity contribution in [1.29, 1.82) is 0 Å². The minimum atomic E-state index is -0.994. The lowest BCUT2D eigenvalue weighted by Gasteiger charge is -2.36. The highest BCUT2D eigenvalue weighted by Gasteiger charge is 2.44. The number of likely N-dealkylation sites (tertiary alicyclic amines) is 1. The van der Waals surface area contributed by atoms with Crippen molar-refractivity contribution in [2.45, 2.75) is 104 Å². The van der Waals surface area contributed by atoms with Crippen LogP contribution in [0.15, 0.2) is 59.1 Å². The van der Waals surface area contributed by atoms with Crippen LogP contribution in [0.3, 0.4) is 0 Å². The van der Waals surface area contributed by atoms with E-state index in [-0.39, 0.29) is 93.9 Å². The van der Waals surface area contributed by atoms with E-state index < -0.39 is 35.4 Å². The maximum atomic E-state index is 14.0. The third-order valence-electron chi connectivity index (χ3n) is 14.1. The molecule has 0 spiro atoms. The quantitative estimate of drug-likeness (QED) is 0.0583. The number of pyridine rings is 2. The Bertz CT molecular complexity index is 2930. The second kappa shape index (κ2) is 25.0. The summed E-state index contributed by atoms with van der Waals surface area (Å²) in [5.41, 5.74) is 5.82. The molecule has 4 amide bonds. The summed E-state index contributed by atoms with van der Waals surface area (Å²) in [4.78, 5) is 104. The highest BCUT2D eigenvalue weighted by atomic mass is 32.1. The van der Waals surface area contributed by atoms with Crippen molar-refractivity contribution in [3.8, 4) is 10.4 Å². The monoisotopic (exact) mass is 1060 g/mol. The average molecular weight is 1060 g/mol. The molecule has 1 saturated carbocycles. The fourth-order valence-electron chi connectivity index (χ4n) is 10.0. The van der Waals surface area contributed by atoms with Crippen LogP contribution in [0.4, 0.5) is 17.5 Å². The number of aliphatic hydroxyl groups excluding tert-OH is 1. The number of thiazole rings is 1. The van der Waals surface area contributed by atoms with Gasteiger partial charge in [-0.1, -0.05) is 57.9 Å². The predicted molar refractivity (Wildman–Crippen MR) is 286 cm³/mol. The zero-order chi connectivity index (χ0) is 54.1. The number of amides is 4. The molecule has 8 rings (SSSR count). The smallest absolute Gasteiger partial charge is 0.263 e. The van der Waals surface area contributed by atoms with Crippen LogP contribution in [0.1, 0.15) is 93.0 Å². The molecular formula is C54H69N11O10S. The van der Waals surface area contributed by atoms with E-state index in [0.717, 1.165) is 53.1 Å². The SMILES string of the molecule is CC(=O)c1c(C)c2cnc(Nc3ccc(N4CCN(C(=O)COCCOCCOCC(=O)NC(C(=O)N5C[C@H](O)C[C@H]5C(=O)NCc5ccc(-c6scnc6C)cc5)C(C)(C)C)CC4)cn3)nc2n(C2CCCC2)c1=O. The van der Waals surface area contributed by atoms with E-state index in [1.165, 1.54) is 11.8 Å². The van der Waals surface area contributed by atoms with E-state index in [1.54, 1.807) is 45.6 Å². The Morgan fingerprint density at radius 2 is 1.57 bits per heavy atom. The minimum absolute atomic E-state index is 0.0254. The van der Waals surface area contributed by atoms with Crippen molar-refractivity contribution in [3.63, 3.8) is 0 Å². The third kappa shape index (κ3) is 13.4. The molecule has 1 aliphatic carbocycles. The standard InChI is InChI=1S/C54H69N11O10S/c1-33-41-28-57-53(61-49(41)65(38-9-7-8-10-38)51(71)46(33)35(3)66)59-43-16-15-39(27-55-43)62-17-19-63(20-18-62)45(69)31-75-24-22-73-21-23-74-30-44(68)60-48(54(4,5)6)52(72)64-29-40(67)25-42(64)50(70)56-26-36-11-13-37(14-12-36)47-34(2)58-32-76-47/h11-16,27-28,32,38,40,42,48,67H,7-10,17-26,29-31H2,1-6H3,(H,56,70)(H,60,68)(H,55,57,59,61)/t40-,42+,48?/m1/s1. The molecule has 76 heavy (non-hydrogen) atoms. The number of aryl methyl sites for hydroxylation is 2. The van der Waals surface area contributed by atoms with Crippen LogP contribution in [0, 0.1) is 19.3 Å². The number of fused-ring (bicyclic) bond motifs is 1. The predicted octanol–water partition coefficient (Wildman–Crippen LogP) is 4.50. The van der Waals surface area contributed by atoms with E-state index in [0.29, 0.717) is 54.5 Å². The van der Waals surface area contributed by atoms with Gasteiger partial charge in [0.15, 0.2) is 5.78 Å². The molecule has 2 aliphatic heterocycles. The molecule has 2 saturated heterocycles. The number of nitrogens with one attached hydrogen (secondary N) is 3. The Morgan fingerprint density at radius 1 is 0.868 bits per heavy atom. The topological polar surface area (TPSA) is 253 Å². The van der Waals surface area contributed by atoms with Crippen LogP contribution in [-0.2, 0) is 39.9 Å². The van der Waals surface area contributed by atoms with Gasteiger partial charge in [-0.3, -0.25) is 33.3 Å². The summed E-state index contributed by atoms with van der Waals surface area (Å²) < 4.78 is 18.4. The summed E-state index contributed by atoms with van der Waals surface area (Å²) >= 11 is 1.56. The number of ketones is 1. The van der Waals surface area contributed by atoms with Gasteiger partial charge >= 0.3 is 0 Å². The van der Waals surface area contributed by atoms with Crippen molar-refractivity contribution in [2.75, 3.05) is 82.6 Å². The van der Waals surface area contributed by atoms with Gasteiger partial charge in [0.2, 0.25) is 29.6 Å². The number of aromatic nitrogens is 5. The van der Waals surface area contributed by atoms with E-state index >= 15 is 0 Å². The number of carbonyl (C=O) groups excluding carboxylic acids is 5. The largest absolute Gasteiger partial charge is 0.391 e. The second-order valence-electron chi connectivity index (χ2n) is 20.7. The number of hydrogen-bond acceptors (Lipinski definition) is 17. The molecule has 0 radical (unpaired) electrons. The van der Waals surface area contributed by atoms with E-state index in [4.69, 9.17) is 19.2 Å². The number of hydrogen-bond donors (Lipinski definition) is 4. The summed E-state index contributed by atoms with van der Waals surface area (Å²) in [6.07, 6.45) is 6.33. The fourth-order valence-corrected chi connectivity index (χ4v) is 10.8. The number of carbonyl (C=O) groups is 5.